The Morgan fingerprint density at radius 3 is 1.83 bits per heavy atom. The molecular formula is C22H12O8. The van der Waals surface area contributed by atoms with E-state index in [1.54, 1.807) is 42.5 Å². The molecule has 30 heavy (non-hydrogen) atoms. The predicted octanol–water partition coefficient (Wildman–Crippen LogP) is 3.74. The van der Waals surface area contributed by atoms with E-state index in [-0.39, 0.29) is 11.1 Å². The molecule has 8 nitrogen and oxygen atoms in total. The lowest BCUT2D eigenvalue weighted by Crippen LogP contribution is -1.96. The molecule has 1 N–H and O–H groups in total. The number of benzene rings is 3. The normalized spacial score (nSPS) is 16.6. The molecule has 1 unspecified atom stereocenters. The largest absolute Gasteiger partial charge is 0.457 e. The van der Waals surface area contributed by atoms with Crippen LogP contribution >= 0.6 is 0 Å². The first kappa shape index (κ1) is 17.9. The van der Waals surface area contributed by atoms with Crippen LogP contribution in [0.5, 0.6) is 23.0 Å². The van der Waals surface area contributed by atoms with E-state index in [4.69, 9.17) is 14.2 Å². The van der Waals surface area contributed by atoms with E-state index in [1.807, 2.05) is 0 Å². The van der Waals surface area contributed by atoms with E-state index in [1.165, 1.54) is 18.2 Å². The number of fused-ring (bicyclic) bond motifs is 2. The van der Waals surface area contributed by atoms with Crippen LogP contribution in [0.15, 0.2) is 60.7 Å². The maximum Gasteiger partial charge on any atom is 0.347 e. The van der Waals surface area contributed by atoms with E-state index in [0.717, 1.165) is 0 Å². The second-order valence-corrected chi connectivity index (χ2v) is 6.57. The number of hydrogen-bond acceptors (Lipinski definition) is 8. The van der Waals surface area contributed by atoms with Gasteiger partial charge in [-0.2, -0.15) is 0 Å². The smallest absolute Gasteiger partial charge is 0.347 e. The zero-order valence-electron chi connectivity index (χ0n) is 15.2. The van der Waals surface area contributed by atoms with Gasteiger partial charge in [-0.1, -0.05) is 0 Å². The Hall–Kier alpha value is -4.17. The van der Waals surface area contributed by atoms with Gasteiger partial charge < -0.3 is 24.1 Å². The zero-order chi connectivity index (χ0) is 20.8. The summed E-state index contributed by atoms with van der Waals surface area (Å²) < 4.78 is 20.8. The minimum absolute atomic E-state index is 0.165. The highest BCUT2D eigenvalue weighted by Gasteiger charge is 2.30. The highest BCUT2D eigenvalue weighted by Crippen LogP contribution is 2.34. The average Bonchev–Trinajstić information content (AvgIpc) is 3.18. The SMILES string of the molecule is O=C1OC(=O)c2cc(Oc3ccc(Oc4ccc5c(c4)C(O)OC5=O)cc3)ccc21. The molecule has 1 atom stereocenters. The molecule has 3 aromatic rings. The van der Waals surface area contributed by atoms with E-state index in [2.05, 4.69) is 4.74 Å². The Balaban J connectivity index is 1.30. The number of aliphatic hydroxyl groups excluding tert-OH is 1. The van der Waals surface area contributed by atoms with Crippen molar-refractivity contribution < 1.29 is 38.4 Å². The zero-order valence-corrected chi connectivity index (χ0v) is 15.2. The summed E-state index contributed by atoms with van der Waals surface area (Å²) in [5.74, 6) is -0.134. The van der Waals surface area contributed by atoms with Crippen LogP contribution in [0.4, 0.5) is 0 Å². The van der Waals surface area contributed by atoms with Gasteiger partial charge in [-0.3, -0.25) is 0 Å². The number of esters is 3. The lowest BCUT2D eigenvalue weighted by atomic mass is 10.1. The monoisotopic (exact) mass is 404 g/mol. The van der Waals surface area contributed by atoms with Crippen molar-refractivity contribution in [1.29, 1.82) is 0 Å². The van der Waals surface area contributed by atoms with Crippen molar-refractivity contribution in [1.82, 2.24) is 0 Å². The van der Waals surface area contributed by atoms with Crippen LogP contribution in [0, 0.1) is 0 Å². The van der Waals surface area contributed by atoms with Gasteiger partial charge in [0.05, 0.1) is 16.7 Å². The fourth-order valence-electron chi connectivity index (χ4n) is 3.20. The standard InChI is InChI=1S/C22H12O8/c23-19-15-7-5-13(9-17(15)21(25)29-19)27-11-1-2-12(4-3-11)28-14-6-8-16-18(10-14)22(26)30-20(16)24/h1-10,21,25H. The molecule has 0 bridgehead atoms. The van der Waals surface area contributed by atoms with Gasteiger partial charge in [0.25, 0.3) is 0 Å². The maximum absolute atomic E-state index is 11.7. The van der Waals surface area contributed by atoms with Crippen LogP contribution in [0.1, 0.15) is 42.9 Å². The molecule has 3 aromatic carbocycles. The lowest BCUT2D eigenvalue weighted by molar-refractivity contribution is -0.0548. The number of hydrogen-bond donors (Lipinski definition) is 1. The fourth-order valence-corrected chi connectivity index (χ4v) is 3.20. The summed E-state index contributed by atoms with van der Waals surface area (Å²) >= 11 is 0. The minimum Gasteiger partial charge on any atom is -0.457 e. The molecule has 148 valence electrons. The first-order chi connectivity index (χ1) is 14.5. The molecule has 0 spiro atoms. The molecule has 0 amide bonds. The summed E-state index contributed by atoms with van der Waals surface area (Å²) in [4.78, 5) is 34.7. The molecule has 0 radical (unpaired) electrons. The van der Waals surface area contributed by atoms with Gasteiger partial charge in [0.15, 0.2) is 0 Å². The highest BCUT2D eigenvalue weighted by atomic mass is 16.6. The van der Waals surface area contributed by atoms with Crippen LogP contribution in [0.2, 0.25) is 0 Å². The molecular weight excluding hydrogens is 392 g/mol. The molecule has 2 aliphatic heterocycles. The number of carbonyl (C=O) groups excluding carboxylic acids is 3. The Kier molecular flexibility index (Phi) is 4.00. The molecule has 5 rings (SSSR count). The topological polar surface area (TPSA) is 108 Å². The molecule has 2 aliphatic rings. The van der Waals surface area contributed by atoms with Gasteiger partial charge in [-0.05, 0) is 60.7 Å². The lowest BCUT2D eigenvalue weighted by Gasteiger charge is -2.09. The van der Waals surface area contributed by atoms with Crippen LogP contribution in [-0.2, 0) is 9.47 Å². The Bertz CT molecular complexity index is 1210. The van der Waals surface area contributed by atoms with Crippen molar-refractivity contribution in [3.05, 3.63) is 82.9 Å². The van der Waals surface area contributed by atoms with Crippen molar-refractivity contribution in [2.75, 3.05) is 0 Å². The maximum atomic E-state index is 11.7. The van der Waals surface area contributed by atoms with Gasteiger partial charge in [0.2, 0.25) is 6.29 Å². The van der Waals surface area contributed by atoms with E-state index >= 15 is 0 Å². The average molecular weight is 404 g/mol. The third-order valence-corrected chi connectivity index (χ3v) is 4.64. The first-order valence-corrected chi connectivity index (χ1v) is 8.87. The molecule has 8 heteroatoms. The number of rotatable bonds is 4. The molecule has 0 aliphatic carbocycles. The van der Waals surface area contributed by atoms with Crippen molar-refractivity contribution in [2.45, 2.75) is 6.29 Å². The van der Waals surface area contributed by atoms with Crippen LogP contribution in [-0.4, -0.2) is 23.0 Å². The van der Waals surface area contributed by atoms with Gasteiger partial charge in [0.1, 0.15) is 23.0 Å². The van der Waals surface area contributed by atoms with Crippen molar-refractivity contribution in [3.63, 3.8) is 0 Å². The summed E-state index contributed by atoms with van der Waals surface area (Å²) in [7, 11) is 0. The van der Waals surface area contributed by atoms with Gasteiger partial charge >= 0.3 is 17.9 Å². The quantitative estimate of drug-likeness (QED) is 0.517. The Morgan fingerprint density at radius 2 is 1.17 bits per heavy atom. The Labute approximate surface area is 169 Å². The number of carbonyl (C=O) groups is 3. The number of cyclic esters (lactones) is 3. The summed E-state index contributed by atoms with van der Waals surface area (Å²) in [6.07, 6.45) is -1.30. The summed E-state index contributed by atoms with van der Waals surface area (Å²) in [5.41, 5.74) is 1.03. The second kappa shape index (κ2) is 6.71. The third-order valence-electron chi connectivity index (χ3n) is 4.64. The van der Waals surface area contributed by atoms with Gasteiger partial charge in [-0.15, -0.1) is 0 Å². The molecule has 0 saturated heterocycles. The molecule has 0 fully saturated rings. The summed E-state index contributed by atoms with van der Waals surface area (Å²) in [6.45, 7) is 0. The second-order valence-electron chi connectivity index (χ2n) is 6.57. The third kappa shape index (κ3) is 3.05. The van der Waals surface area contributed by atoms with Crippen LogP contribution < -0.4 is 9.47 Å². The molecule has 0 saturated carbocycles. The number of aliphatic hydroxyl groups is 1. The van der Waals surface area contributed by atoms with Gasteiger partial charge in [0, 0.05) is 5.56 Å². The minimum atomic E-state index is -1.30. The summed E-state index contributed by atoms with van der Waals surface area (Å²) in [5, 5.41) is 9.75. The van der Waals surface area contributed by atoms with E-state index in [0.29, 0.717) is 34.1 Å². The summed E-state index contributed by atoms with van der Waals surface area (Å²) in [6, 6.07) is 15.9. The predicted molar refractivity (Wildman–Crippen MR) is 99.6 cm³/mol. The van der Waals surface area contributed by atoms with Gasteiger partial charge in [-0.25, -0.2) is 14.4 Å². The molecule has 2 heterocycles. The first-order valence-electron chi connectivity index (χ1n) is 8.87. The van der Waals surface area contributed by atoms with Crippen molar-refractivity contribution >= 4 is 17.9 Å². The van der Waals surface area contributed by atoms with E-state index < -0.39 is 24.2 Å². The van der Waals surface area contributed by atoms with Crippen LogP contribution in [0.3, 0.4) is 0 Å². The molecule has 0 aromatic heterocycles. The Morgan fingerprint density at radius 1 is 0.633 bits per heavy atom. The van der Waals surface area contributed by atoms with E-state index in [9.17, 15) is 19.5 Å². The fraction of sp³-hybridized carbons (Fsp3) is 0.0455. The number of ether oxygens (including phenoxy) is 4. The van der Waals surface area contributed by atoms with Crippen molar-refractivity contribution in [3.8, 4) is 23.0 Å². The van der Waals surface area contributed by atoms with Crippen LogP contribution in [0.25, 0.3) is 0 Å². The highest BCUT2D eigenvalue weighted by molar-refractivity contribution is 6.14. The van der Waals surface area contributed by atoms with Crippen molar-refractivity contribution in [2.24, 2.45) is 0 Å².